The largest absolute Gasteiger partial charge is 0.497 e. The number of methoxy groups -OCH3 is 3. The van der Waals surface area contributed by atoms with Crippen molar-refractivity contribution >= 4 is 11.7 Å². The van der Waals surface area contributed by atoms with Gasteiger partial charge in [-0.05, 0) is 49.2 Å². The van der Waals surface area contributed by atoms with Crippen LogP contribution in [-0.2, 0) is 0 Å². The lowest BCUT2D eigenvalue weighted by Gasteiger charge is -2.18. The Morgan fingerprint density at radius 3 is 2.37 bits per heavy atom. The highest BCUT2D eigenvalue weighted by Crippen LogP contribution is 2.30. The molecule has 186 valence electrons. The van der Waals surface area contributed by atoms with Crippen molar-refractivity contribution in [3.05, 3.63) is 60.1 Å². The van der Waals surface area contributed by atoms with Crippen LogP contribution in [0.3, 0.4) is 0 Å². The highest BCUT2D eigenvalue weighted by atomic mass is 19.1. The molecule has 1 unspecified atom stereocenters. The molecular formula is C25H29FN4O5. The Morgan fingerprint density at radius 1 is 1.09 bits per heavy atom. The molecule has 1 heterocycles. The number of hydrogen-bond acceptors (Lipinski definition) is 7. The fraction of sp³-hybridized carbons (Fsp3) is 0.320. The first-order valence-electron chi connectivity index (χ1n) is 11.0. The van der Waals surface area contributed by atoms with Crippen LogP contribution in [0.4, 0.5) is 4.39 Å². The third kappa shape index (κ3) is 6.50. The molecule has 3 N–H and O–H groups in total. The van der Waals surface area contributed by atoms with Gasteiger partial charge in [0, 0.05) is 12.1 Å². The molecule has 0 radical (unpaired) electrons. The van der Waals surface area contributed by atoms with Gasteiger partial charge in [-0.2, -0.15) is 0 Å². The average molecular weight is 485 g/mol. The fourth-order valence-corrected chi connectivity index (χ4v) is 3.49. The summed E-state index contributed by atoms with van der Waals surface area (Å²) < 4.78 is 34.5. The van der Waals surface area contributed by atoms with Gasteiger partial charge >= 0.3 is 0 Å². The van der Waals surface area contributed by atoms with E-state index in [-0.39, 0.29) is 11.4 Å². The summed E-state index contributed by atoms with van der Waals surface area (Å²) in [6.07, 6.45) is 2.55. The molecular weight excluding hydrogens is 455 g/mol. The average Bonchev–Trinajstić information content (AvgIpc) is 3.39. The minimum Gasteiger partial charge on any atom is -0.497 e. The van der Waals surface area contributed by atoms with Crippen molar-refractivity contribution in [2.24, 2.45) is 0 Å². The van der Waals surface area contributed by atoms with Gasteiger partial charge in [-0.25, -0.2) is 9.37 Å². The Balaban J connectivity index is 1.84. The zero-order chi connectivity index (χ0) is 25.2. The molecule has 35 heavy (non-hydrogen) atoms. The topological polar surface area (TPSA) is 119 Å². The summed E-state index contributed by atoms with van der Waals surface area (Å²) in [6, 6.07) is 11.8. The smallest absolute Gasteiger partial charge is 0.259 e. The highest BCUT2D eigenvalue weighted by molar-refractivity contribution is 5.99. The van der Waals surface area contributed by atoms with E-state index in [0.29, 0.717) is 42.5 Å². The molecule has 0 aliphatic carbocycles. The maximum Gasteiger partial charge on any atom is 0.259 e. The molecule has 0 bridgehead atoms. The molecule has 3 rings (SSSR count). The van der Waals surface area contributed by atoms with Crippen molar-refractivity contribution < 1.29 is 27.8 Å². The molecule has 10 heteroatoms. The number of halogens is 1. The second-order valence-corrected chi connectivity index (χ2v) is 7.54. The minimum atomic E-state index is -0.862. The number of benzene rings is 2. The summed E-state index contributed by atoms with van der Waals surface area (Å²) in [5, 5.41) is 13.1. The van der Waals surface area contributed by atoms with Crippen LogP contribution in [0.15, 0.2) is 53.1 Å². The molecule has 0 spiro atoms. The molecule has 1 aromatic heterocycles. The van der Waals surface area contributed by atoms with Gasteiger partial charge in [0.25, 0.3) is 5.91 Å². The van der Waals surface area contributed by atoms with Gasteiger partial charge < -0.3 is 29.3 Å². The van der Waals surface area contributed by atoms with Gasteiger partial charge in [0.1, 0.15) is 41.4 Å². The second kappa shape index (κ2) is 12.4. The zero-order valence-electron chi connectivity index (χ0n) is 19.9. The number of hydrogen-bond donors (Lipinski definition) is 3. The summed E-state index contributed by atoms with van der Waals surface area (Å²) in [5.74, 6) is 1.69. The van der Waals surface area contributed by atoms with E-state index in [4.69, 9.17) is 24.0 Å². The van der Waals surface area contributed by atoms with Crippen LogP contribution in [0, 0.1) is 5.41 Å². The Labute approximate surface area is 203 Å². The quantitative estimate of drug-likeness (QED) is 0.201. The monoisotopic (exact) mass is 484 g/mol. The molecule has 9 nitrogen and oxygen atoms in total. The second-order valence-electron chi connectivity index (χ2n) is 7.54. The molecule has 1 amide bonds. The van der Waals surface area contributed by atoms with Crippen LogP contribution < -0.4 is 24.8 Å². The first-order valence-corrected chi connectivity index (χ1v) is 11.0. The van der Waals surface area contributed by atoms with Crippen molar-refractivity contribution in [3.63, 3.8) is 0 Å². The van der Waals surface area contributed by atoms with Crippen LogP contribution in [0.25, 0.3) is 11.3 Å². The van der Waals surface area contributed by atoms with Crippen LogP contribution in [0.1, 0.15) is 35.1 Å². The molecule has 1 atom stereocenters. The Bertz CT molecular complexity index is 1110. The summed E-state index contributed by atoms with van der Waals surface area (Å²) >= 11 is 0. The van der Waals surface area contributed by atoms with E-state index in [1.54, 1.807) is 31.5 Å². The number of carbonyl (C=O) groups excluding carboxylic acids is 1. The zero-order valence-corrected chi connectivity index (χ0v) is 19.9. The lowest BCUT2D eigenvalue weighted by Crippen LogP contribution is -2.31. The standard InChI is InChI=1S/C25H29FN4O5/c1-32-17-11-9-16(10-12-17)21-15-29-25(35-21)18(6-5-13-28-22(27)14-26)30-24(31)23-19(33-2)7-4-8-20(23)34-3/h4,7-12,15,18H,5-6,13-14H2,1-3H3,(H2,27,28)(H,30,31). The van der Waals surface area contributed by atoms with E-state index >= 15 is 0 Å². The minimum absolute atomic E-state index is 0.192. The predicted octanol–water partition coefficient (Wildman–Crippen LogP) is 4.16. The number of aromatic nitrogens is 1. The van der Waals surface area contributed by atoms with Crippen molar-refractivity contribution in [3.8, 4) is 28.6 Å². The SMILES string of the molecule is COc1ccc(-c2cnc(C(CCCNC(=N)CF)NC(=O)c3c(OC)cccc3OC)o2)cc1. The Hall–Kier alpha value is -4.08. The van der Waals surface area contributed by atoms with Gasteiger partial charge in [0.2, 0.25) is 5.89 Å². The van der Waals surface area contributed by atoms with Gasteiger partial charge in [0.15, 0.2) is 5.76 Å². The number of alkyl halides is 1. The summed E-state index contributed by atoms with van der Waals surface area (Å²) in [5.41, 5.74) is 1.06. The molecule has 0 saturated heterocycles. The summed E-state index contributed by atoms with van der Waals surface area (Å²) in [4.78, 5) is 17.7. The number of rotatable bonds is 12. The normalized spacial score (nSPS) is 11.4. The van der Waals surface area contributed by atoms with Crippen LogP contribution >= 0.6 is 0 Å². The lowest BCUT2D eigenvalue weighted by molar-refractivity contribution is 0.0921. The number of oxazole rings is 1. The third-order valence-electron chi connectivity index (χ3n) is 5.30. The van der Waals surface area contributed by atoms with E-state index in [0.717, 1.165) is 11.3 Å². The lowest BCUT2D eigenvalue weighted by atomic mass is 10.1. The first-order chi connectivity index (χ1) is 17.0. The van der Waals surface area contributed by atoms with Crippen LogP contribution in [-0.4, -0.2) is 51.3 Å². The van der Waals surface area contributed by atoms with Crippen LogP contribution in [0.2, 0.25) is 0 Å². The van der Waals surface area contributed by atoms with E-state index in [2.05, 4.69) is 15.6 Å². The summed E-state index contributed by atoms with van der Waals surface area (Å²) in [7, 11) is 4.54. The molecule has 2 aromatic carbocycles. The first kappa shape index (κ1) is 25.5. The summed E-state index contributed by atoms with van der Waals surface area (Å²) in [6.45, 7) is -0.502. The number of amides is 1. The molecule has 0 aliphatic rings. The van der Waals surface area contributed by atoms with Crippen molar-refractivity contribution in [1.29, 1.82) is 5.41 Å². The number of nitrogens with zero attached hydrogens (tertiary/aromatic N) is 1. The van der Waals surface area contributed by atoms with Crippen LogP contribution in [0.5, 0.6) is 17.2 Å². The Morgan fingerprint density at radius 2 is 1.77 bits per heavy atom. The van der Waals surface area contributed by atoms with Gasteiger partial charge in [0.05, 0.1) is 27.5 Å². The molecule has 0 fully saturated rings. The maximum absolute atomic E-state index is 13.3. The van der Waals surface area contributed by atoms with E-state index < -0.39 is 18.6 Å². The maximum atomic E-state index is 13.3. The van der Waals surface area contributed by atoms with Gasteiger partial charge in [-0.3, -0.25) is 10.2 Å². The number of nitrogens with one attached hydrogen (secondary N) is 3. The third-order valence-corrected chi connectivity index (χ3v) is 5.30. The van der Waals surface area contributed by atoms with Crippen molar-refractivity contribution in [2.75, 3.05) is 34.5 Å². The van der Waals surface area contributed by atoms with E-state index in [1.165, 1.54) is 14.2 Å². The predicted molar refractivity (Wildman–Crippen MR) is 129 cm³/mol. The number of ether oxygens (including phenoxy) is 3. The van der Waals surface area contributed by atoms with Gasteiger partial charge in [-0.15, -0.1) is 0 Å². The molecule has 0 aliphatic heterocycles. The number of carbonyl (C=O) groups is 1. The number of amidine groups is 1. The van der Waals surface area contributed by atoms with Crippen molar-refractivity contribution in [1.82, 2.24) is 15.6 Å². The van der Waals surface area contributed by atoms with Crippen molar-refractivity contribution in [2.45, 2.75) is 18.9 Å². The fourth-order valence-electron chi connectivity index (χ4n) is 3.49. The van der Waals surface area contributed by atoms with E-state index in [1.807, 2.05) is 24.3 Å². The van der Waals surface area contributed by atoms with Gasteiger partial charge in [-0.1, -0.05) is 6.07 Å². The highest BCUT2D eigenvalue weighted by Gasteiger charge is 2.25. The molecule has 0 saturated carbocycles. The van der Waals surface area contributed by atoms with E-state index in [9.17, 15) is 9.18 Å². The Kier molecular flexibility index (Phi) is 9.05. The molecule has 3 aromatic rings.